The van der Waals surface area contributed by atoms with E-state index in [4.69, 9.17) is 10.5 Å². The molecule has 0 spiro atoms. The second-order valence-corrected chi connectivity index (χ2v) is 5.02. The molecule has 1 heterocycles. The van der Waals surface area contributed by atoms with E-state index in [1.165, 1.54) is 5.56 Å². The van der Waals surface area contributed by atoms with E-state index in [0.717, 1.165) is 28.5 Å². The zero-order valence-corrected chi connectivity index (χ0v) is 11.6. The van der Waals surface area contributed by atoms with E-state index in [2.05, 4.69) is 36.3 Å². The Balaban J connectivity index is 1.89. The average molecular weight is 267 g/mol. The highest BCUT2D eigenvalue weighted by Gasteiger charge is 2.14. The van der Waals surface area contributed by atoms with E-state index >= 15 is 0 Å². The third-order valence-corrected chi connectivity index (χ3v) is 3.26. The number of aliphatic imine (C=N–C) groups is 1. The number of anilines is 2. The van der Waals surface area contributed by atoms with Gasteiger partial charge in [-0.05, 0) is 37.6 Å². The molecule has 0 fully saturated rings. The molecule has 3 N–H and O–H groups in total. The van der Waals surface area contributed by atoms with Crippen LogP contribution in [0.4, 0.5) is 17.1 Å². The summed E-state index contributed by atoms with van der Waals surface area (Å²) in [7, 11) is 0. The molecule has 20 heavy (non-hydrogen) atoms. The Hall–Kier alpha value is -2.49. The van der Waals surface area contributed by atoms with Crippen molar-refractivity contribution in [2.75, 3.05) is 17.7 Å². The van der Waals surface area contributed by atoms with Crippen molar-refractivity contribution in [3.63, 3.8) is 0 Å². The minimum atomic E-state index is 0.420. The van der Waals surface area contributed by atoms with Gasteiger partial charge in [0.15, 0.2) is 0 Å². The molecule has 0 atom stereocenters. The average Bonchev–Trinajstić information content (AvgIpc) is 2.42. The number of amidine groups is 1. The number of hydrogen-bond acceptors (Lipinski definition) is 3. The fourth-order valence-electron chi connectivity index (χ4n) is 2.24. The Morgan fingerprint density at radius 1 is 1.15 bits per heavy atom. The highest BCUT2D eigenvalue weighted by atomic mass is 16.5. The summed E-state index contributed by atoms with van der Waals surface area (Å²) in [6.07, 6.45) is 0. The molecule has 2 aromatic carbocycles. The second kappa shape index (κ2) is 4.89. The molecule has 0 saturated heterocycles. The van der Waals surface area contributed by atoms with Crippen molar-refractivity contribution >= 4 is 22.9 Å². The highest BCUT2D eigenvalue weighted by molar-refractivity contribution is 6.01. The van der Waals surface area contributed by atoms with Crippen molar-refractivity contribution in [1.29, 1.82) is 0 Å². The molecule has 0 aromatic heterocycles. The largest absolute Gasteiger partial charge is 0.483 e. The van der Waals surface area contributed by atoms with Crippen molar-refractivity contribution in [3.05, 3.63) is 47.5 Å². The van der Waals surface area contributed by atoms with Crippen LogP contribution in [0.3, 0.4) is 0 Å². The van der Waals surface area contributed by atoms with Gasteiger partial charge in [0, 0.05) is 11.8 Å². The van der Waals surface area contributed by atoms with Gasteiger partial charge in [0.25, 0.3) is 0 Å². The van der Waals surface area contributed by atoms with Gasteiger partial charge in [-0.2, -0.15) is 0 Å². The molecule has 2 aromatic rings. The summed E-state index contributed by atoms with van der Waals surface area (Å²) in [6.45, 7) is 4.56. The third kappa shape index (κ3) is 2.45. The molecule has 0 amide bonds. The number of nitrogen functional groups attached to an aromatic ring is 1. The first kappa shape index (κ1) is 12.5. The van der Waals surface area contributed by atoms with Gasteiger partial charge >= 0.3 is 0 Å². The summed E-state index contributed by atoms with van der Waals surface area (Å²) < 4.78 is 5.68. The predicted molar refractivity (Wildman–Crippen MR) is 83.0 cm³/mol. The summed E-state index contributed by atoms with van der Waals surface area (Å²) in [5.74, 6) is 1.57. The number of fused-ring (bicyclic) bond motifs is 1. The van der Waals surface area contributed by atoms with Crippen LogP contribution in [0.1, 0.15) is 11.1 Å². The van der Waals surface area contributed by atoms with E-state index in [1.807, 2.05) is 24.3 Å². The second-order valence-electron chi connectivity index (χ2n) is 5.02. The molecule has 102 valence electrons. The van der Waals surface area contributed by atoms with Crippen LogP contribution in [0.2, 0.25) is 0 Å². The number of nitrogens with one attached hydrogen (secondary N) is 1. The molecular formula is C16H17N3O. The van der Waals surface area contributed by atoms with E-state index in [9.17, 15) is 0 Å². The predicted octanol–water partition coefficient (Wildman–Crippen LogP) is 3.42. The Morgan fingerprint density at radius 3 is 2.80 bits per heavy atom. The number of ether oxygens (including phenoxy) is 1. The van der Waals surface area contributed by atoms with E-state index in [-0.39, 0.29) is 0 Å². The van der Waals surface area contributed by atoms with Crippen LogP contribution in [0.15, 0.2) is 41.4 Å². The summed E-state index contributed by atoms with van der Waals surface area (Å²) in [5, 5.41) is 3.28. The van der Waals surface area contributed by atoms with E-state index in [1.54, 1.807) is 0 Å². The van der Waals surface area contributed by atoms with Crippen LogP contribution in [-0.4, -0.2) is 12.4 Å². The van der Waals surface area contributed by atoms with Crippen molar-refractivity contribution < 1.29 is 4.74 Å². The Bertz CT molecular complexity index is 692. The summed E-state index contributed by atoms with van der Waals surface area (Å²) in [6, 6.07) is 11.8. The van der Waals surface area contributed by atoms with Crippen molar-refractivity contribution in [2.24, 2.45) is 4.99 Å². The minimum absolute atomic E-state index is 0.420. The number of hydrogen-bond donors (Lipinski definition) is 2. The number of aryl methyl sites for hydroxylation is 2. The minimum Gasteiger partial charge on any atom is -0.483 e. The van der Waals surface area contributed by atoms with E-state index in [0.29, 0.717) is 12.3 Å². The molecular weight excluding hydrogens is 250 g/mol. The first-order valence-electron chi connectivity index (χ1n) is 6.56. The van der Waals surface area contributed by atoms with Crippen LogP contribution in [-0.2, 0) is 0 Å². The third-order valence-electron chi connectivity index (χ3n) is 3.26. The van der Waals surface area contributed by atoms with Gasteiger partial charge in [-0.15, -0.1) is 0 Å². The SMILES string of the molecule is Cc1ccc(N=C2COc3cc(N)ccc3N2)c(C)c1. The topological polar surface area (TPSA) is 59.6 Å². The van der Waals surface area contributed by atoms with Gasteiger partial charge in [-0.25, -0.2) is 4.99 Å². The Kier molecular flexibility index (Phi) is 3.06. The highest BCUT2D eigenvalue weighted by Crippen LogP contribution is 2.30. The molecule has 0 radical (unpaired) electrons. The monoisotopic (exact) mass is 267 g/mol. The first-order valence-corrected chi connectivity index (χ1v) is 6.56. The maximum Gasteiger partial charge on any atom is 0.146 e. The first-order chi connectivity index (χ1) is 9.61. The fraction of sp³-hybridized carbons (Fsp3) is 0.188. The molecule has 0 saturated carbocycles. The van der Waals surface area contributed by atoms with Gasteiger partial charge in [-0.1, -0.05) is 17.7 Å². The molecule has 3 rings (SSSR count). The molecule has 1 aliphatic heterocycles. The number of rotatable bonds is 1. The number of benzene rings is 2. The van der Waals surface area contributed by atoms with Crippen LogP contribution in [0.5, 0.6) is 5.75 Å². The van der Waals surface area contributed by atoms with Gasteiger partial charge in [0.1, 0.15) is 18.2 Å². The van der Waals surface area contributed by atoms with Gasteiger partial charge in [-0.3, -0.25) is 0 Å². The molecule has 4 nitrogen and oxygen atoms in total. The lowest BCUT2D eigenvalue weighted by Gasteiger charge is -2.21. The Morgan fingerprint density at radius 2 is 2.00 bits per heavy atom. The zero-order chi connectivity index (χ0) is 14.1. The summed E-state index contributed by atoms with van der Waals surface area (Å²) in [5.41, 5.74) is 10.7. The summed E-state index contributed by atoms with van der Waals surface area (Å²) >= 11 is 0. The van der Waals surface area contributed by atoms with Gasteiger partial charge < -0.3 is 15.8 Å². The van der Waals surface area contributed by atoms with Crippen molar-refractivity contribution in [3.8, 4) is 5.75 Å². The lowest BCUT2D eigenvalue weighted by molar-refractivity contribution is 0.372. The smallest absolute Gasteiger partial charge is 0.146 e. The number of nitrogens with two attached hydrogens (primary N) is 1. The quantitative estimate of drug-likeness (QED) is 0.778. The lowest BCUT2D eigenvalue weighted by atomic mass is 10.1. The van der Waals surface area contributed by atoms with Crippen LogP contribution in [0.25, 0.3) is 0 Å². The van der Waals surface area contributed by atoms with Crippen LogP contribution >= 0.6 is 0 Å². The van der Waals surface area contributed by atoms with Crippen LogP contribution in [0, 0.1) is 13.8 Å². The van der Waals surface area contributed by atoms with Crippen molar-refractivity contribution in [1.82, 2.24) is 0 Å². The lowest BCUT2D eigenvalue weighted by Crippen LogP contribution is -2.25. The molecule has 4 heteroatoms. The summed E-state index contributed by atoms with van der Waals surface area (Å²) in [4.78, 5) is 4.63. The maximum atomic E-state index is 5.74. The maximum absolute atomic E-state index is 5.74. The molecule has 0 unspecified atom stereocenters. The fourth-order valence-corrected chi connectivity index (χ4v) is 2.24. The molecule has 1 aliphatic rings. The normalized spacial score (nSPS) is 15.4. The van der Waals surface area contributed by atoms with Crippen LogP contribution < -0.4 is 15.8 Å². The van der Waals surface area contributed by atoms with Crippen molar-refractivity contribution in [2.45, 2.75) is 13.8 Å². The standard InChI is InChI=1S/C16H17N3O/c1-10-3-5-13(11(2)7-10)18-16-9-20-15-8-12(17)4-6-14(15)19-16/h3-8H,9,17H2,1-2H3,(H,18,19). The zero-order valence-electron chi connectivity index (χ0n) is 11.6. The molecule has 0 bridgehead atoms. The number of nitrogens with zero attached hydrogens (tertiary/aromatic N) is 1. The van der Waals surface area contributed by atoms with E-state index < -0.39 is 0 Å². The van der Waals surface area contributed by atoms with Gasteiger partial charge in [0.05, 0.1) is 11.4 Å². The molecule has 0 aliphatic carbocycles. The Labute approximate surface area is 118 Å². The van der Waals surface area contributed by atoms with Gasteiger partial charge in [0.2, 0.25) is 0 Å².